The van der Waals surface area contributed by atoms with Gasteiger partial charge in [0.25, 0.3) is 0 Å². The predicted octanol–water partition coefficient (Wildman–Crippen LogP) is 3.33. The third-order valence-corrected chi connectivity index (χ3v) is 4.76. The molecule has 0 saturated carbocycles. The van der Waals surface area contributed by atoms with Crippen molar-refractivity contribution in [3.05, 3.63) is 65.7 Å². The Morgan fingerprint density at radius 2 is 1.79 bits per heavy atom. The summed E-state index contributed by atoms with van der Waals surface area (Å²) in [7, 11) is 0. The lowest BCUT2D eigenvalue weighted by Gasteiger charge is -2.09. The lowest BCUT2D eigenvalue weighted by molar-refractivity contribution is 0.0978. The van der Waals surface area contributed by atoms with E-state index in [2.05, 4.69) is 55.0 Å². The number of aromatic nitrogens is 7. The highest BCUT2D eigenvalue weighted by molar-refractivity contribution is 5.92. The van der Waals surface area contributed by atoms with Crippen LogP contribution < -0.4 is 0 Å². The summed E-state index contributed by atoms with van der Waals surface area (Å²) in [5.74, 6) is 1.71. The van der Waals surface area contributed by atoms with Crippen LogP contribution in [0.4, 0.5) is 0 Å². The first-order chi connectivity index (χ1) is 14.2. The van der Waals surface area contributed by atoms with Gasteiger partial charge in [0.05, 0.1) is 6.54 Å². The van der Waals surface area contributed by atoms with Crippen LogP contribution in [0.15, 0.2) is 48.5 Å². The standard InChI is InChI=1S/C21H21N7O/c1-3-18(29)21-22-19(4-2)28(25-21)13-14-9-11-15(12-10-14)16-7-5-6-8-17(16)20-23-26-27-24-20/h5-12H,3-4,13H2,1-2H3,(H,23,24,26,27). The highest BCUT2D eigenvalue weighted by Gasteiger charge is 2.14. The molecule has 0 radical (unpaired) electrons. The number of carbonyl (C=O) groups excluding carboxylic acids is 1. The van der Waals surface area contributed by atoms with Gasteiger partial charge in [-0.25, -0.2) is 14.8 Å². The number of ketones is 1. The zero-order valence-electron chi connectivity index (χ0n) is 16.3. The average molecular weight is 387 g/mol. The van der Waals surface area contributed by atoms with Crippen LogP contribution >= 0.6 is 0 Å². The maximum absolute atomic E-state index is 11.9. The fourth-order valence-electron chi connectivity index (χ4n) is 3.22. The number of rotatable bonds is 7. The van der Waals surface area contributed by atoms with Crippen molar-refractivity contribution in [2.24, 2.45) is 0 Å². The summed E-state index contributed by atoms with van der Waals surface area (Å²) in [4.78, 5) is 16.3. The molecule has 8 heteroatoms. The Kier molecular flexibility index (Phi) is 5.24. The third kappa shape index (κ3) is 3.82. The Morgan fingerprint density at radius 3 is 2.45 bits per heavy atom. The Balaban J connectivity index is 1.60. The van der Waals surface area contributed by atoms with Crippen molar-refractivity contribution in [2.45, 2.75) is 33.2 Å². The number of hydrogen-bond acceptors (Lipinski definition) is 6. The molecule has 8 nitrogen and oxygen atoms in total. The van der Waals surface area contributed by atoms with Gasteiger partial charge in [-0.05, 0) is 27.1 Å². The number of nitrogens with one attached hydrogen (secondary N) is 1. The van der Waals surface area contributed by atoms with E-state index in [0.29, 0.717) is 24.6 Å². The van der Waals surface area contributed by atoms with E-state index in [0.717, 1.165) is 34.5 Å². The minimum absolute atomic E-state index is 0.0349. The van der Waals surface area contributed by atoms with Crippen molar-refractivity contribution in [2.75, 3.05) is 0 Å². The maximum atomic E-state index is 11.9. The molecule has 0 aliphatic carbocycles. The molecule has 0 bridgehead atoms. The Bertz CT molecular complexity index is 1110. The van der Waals surface area contributed by atoms with Crippen molar-refractivity contribution in [3.63, 3.8) is 0 Å². The largest absolute Gasteiger partial charge is 0.291 e. The molecule has 146 valence electrons. The average Bonchev–Trinajstić information content (AvgIpc) is 3.44. The summed E-state index contributed by atoms with van der Waals surface area (Å²) >= 11 is 0. The highest BCUT2D eigenvalue weighted by atomic mass is 16.1. The van der Waals surface area contributed by atoms with Gasteiger partial charge in [0.15, 0.2) is 5.82 Å². The van der Waals surface area contributed by atoms with E-state index in [9.17, 15) is 4.79 Å². The molecular formula is C21H21N7O. The summed E-state index contributed by atoms with van der Waals surface area (Å²) in [6, 6.07) is 16.2. The fraction of sp³-hybridized carbons (Fsp3) is 0.238. The minimum atomic E-state index is -0.0349. The molecule has 4 aromatic rings. The molecule has 0 unspecified atom stereocenters. The maximum Gasteiger partial charge on any atom is 0.217 e. The number of H-pyrrole nitrogens is 1. The van der Waals surface area contributed by atoms with Crippen molar-refractivity contribution in [3.8, 4) is 22.5 Å². The van der Waals surface area contributed by atoms with Crippen LogP contribution in [-0.2, 0) is 13.0 Å². The van der Waals surface area contributed by atoms with E-state index < -0.39 is 0 Å². The predicted molar refractivity (Wildman–Crippen MR) is 108 cm³/mol. The van der Waals surface area contributed by atoms with Crippen molar-refractivity contribution in [1.82, 2.24) is 35.4 Å². The van der Waals surface area contributed by atoms with Gasteiger partial charge < -0.3 is 0 Å². The molecule has 1 N–H and O–H groups in total. The lowest BCUT2D eigenvalue weighted by atomic mass is 9.98. The van der Waals surface area contributed by atoms with E-state index in [-0.39, 0.29) is 5.78 Å². The second kappa shape index (κ2) is 8.14. The Labute approximate surface area is 168 Å². The van der Waals surface area contributed by atoms with Gasteiger partial charge in [0.1, 0.15) is 5.82 Å². The first-order valence-electron chi connectivity index (χ1n) is 9.59. The highest BCUT2D eigenvalue weighted by Crippen LogP contribution is 2.29. The van der Waals surface area contributed by atoms with Gasteiger partial charge in [0, 0.05) is 18.4 Å². The monoisotopic (exact) mass is 387 g/mol. The van der Waals surface area contributed by atoms with Gasteiger partial charge in [-0.1, -0.05) is 62.4 Å². The van der Waals surface area contributed by atoms with Crippen LogP contribution in [-0.4, -0.2) is 41.2 Å². The van der Waals surface area contributed by atoms with Crippen LogP contribution in [0.2, 0.25) is 0 Å². The smallest absolute Gasteiger partial charge is 0.217 e. The van der Waals surface area contributed by atoms with Gasteiger partial charge in [-0.2, -0.15) is 0 Å². The molecule has 0 aliphatic heterocycles. The van der Waals surface area contributed by atoms with Gasteiger partial charge in [-0.15, -0.1) is 10.2 Å². The summed E-state index contributed by atoms with van der Waals surface area (Å²) in [5.41, 5.74) is 4.14. The lowest BCUT2D eigenvalue weighted by Crippen LogP contribution is -2.07. The fourth-order valence-corrected chi connectivity index (χ4v) is 3.22. The summed E-state index contributed by atoms with van der Waals surface area (Å²) < 4.78 is 1.81. The van der Waals surface area contributed by atoms with E-state index in [4.69, 9.17) is 0 Å². The quantitative estimate of drug-likeness (QED) is 0.488. The zero-order valence-corrected chi connectivity index (χ0v) is 16.3. The molecule has 29 heavy (non-hydrogen) atoms. The number of nitrogens with zero attached hydrogens (tertiary/aromatic N) is 6. The molecular weight excluding hydrogens is 366 g/mol. The SMILES string of the molecule is CCC(=O)c1nc(CC)n(Cc2ccc(-c3ccccc3-c3nnn[nH]3)cc2)n1. The Hall–Kier alpha value is -3.68. The van der Waals surface area contributed by atoms with Crippen molar-refractivity contribution >= 4 is 5.78 Å². The van der Waals surface area contributed by atoms with Gasteiger partial charge in [0.2, 0.25) is 11.6 Å². The van der Waals surface area contributed by atoms with Crippen LogP contribution in [0.25, 0.3) is 22.5 Å². The molecule has 2 aromatic heterocycles. The number of hydrogen-bond donors (Lipinski definition) is 1. The zero-order chi connectivity index (χ0) is 20.2. The topological polar surface area (TPSA) is 102 Å². The molecule has 0 atom stereocenters. The molecule has 2 heterocycles. The van der Waals surface area contributed by atoms with Crippen LogP contribution in [0.3, 0.4) is 0 Å². The third-order valence-electron chi connectivity index (χ3n) is 4.76. The van der Waals surface area contributed by atoms with E-state index in [1.54, 1.807) is 0 Å². The number of Topliss-reactive ketones (excluding diaryl/α,β-unsaturated/α-hetero) is 1. The Morgan fingerprint density at radius 1 is 1.03 bits per heavy atom. The molecule has 4 rings (SSSR count). The van der Waals surface area contributed by atoms with Crippen molar-refractivity contribution < 1.29 is 4.79 Å². The summed E-state index contributed by atoms with van der Waals surface area (Å²) in [5, 5.41) is 18.6. The molecule has 0 saturated heterocycles. The molecule has 0 spiro atoms. The van der Waals surface area contributed by atoms with Gasteiger partial charge >= 0.3 is 0 Å². The van der Waals surface area contributed by atoms with Crippen LogP contribution in [0.5, 0.6) is 0 Å². The number of benzene rings is 2. The van der Waals surface area contributed by atoms with Crippen LogP contribution in [0.1, 0.15) is 42.3 Å². The van der Waals surface area contributed by atoms with Crippen LogP contribution in [0, 0.1) is 0 Å². The van der Waals surface area contributed by atoms with E-state index >= 15 is 0 Å². The number of tetrazole rings is 1. The normalized spacial score (nSPS) is 11.0. The summed E-state index contributed by atoms with van der Waals surface area (Å²) in [6.07, 6.45) is 1.13. The number of aryl methyl sites for hydroxylation is 1. The first-order valence-corrected chi connectivity index (χ1v) is 9.59. The second-order valence-corrected chi connectivity index (χ2v) is 6.63. The second-order valence-electron chi connectivity index (χ2n) is 6.63. The minimum Gasteiger partial charge on any atom is -0.291 e. The molecule has 0 aliphatic rings. The molecule has 0 amide bonds. The summed E-state index contributed by atoms with van der Waals surface area (Å²) in [6.45, 7) is 4.40. The molecule has 2 aromatic carbocycles. The van der Waals surface area contributed by atoms with Gasteiger partial charge in [-0.3, -0.25) is 4.79 Å². The first kappa shape index (κ1) is 18.7. The van der Waals surface area contributed by atoms with E-state index in [1.165, 1.54) is 0 Å². The van der Waals surface area contributed by atoms with Crippen molar-refractivity contribution in [1.29, 1.82) is 0 Å². The number of carbonyl (C=O) groups is 1. The molecule has 0 fully saturated rings. The number of aromatic amines is 1. The van der Waals surface area contributed by atoms with E-state index in [1.807, 2.05) is 42.8 Å².